The van der Waals surface area contributed by atoms with E-state index in [2.05, 4.69) is 20.5 Å². The zero-order valence-electron chi connectivity index (χ0n) is 14.8. The lowest BCUT2D eigenvalue weighted by molar-refractivity contribution is -0.0962. The summed E-state index contributed by atoms with van der Waals surface area (Å²) in [5, 5.41) is 15.5. The van der Waals surface area contributed by atoms with Crippen molar-refractivity contribution >= 4 is 5.91 Å². The minimum atomic E-state index is -0.345. The maximum absolute atomic E-state index is 12.9. The first-order chi connectivity index (χ1) is 13.3. The number of piperidine rings is 1. The molecule has 0 bridgehead atoms. The Morgan fingerprint density at radius 1 is 1.19 bits per heavy atom. The van der Waals surface area contributed by atoms with Gasteiger partial charge in [0.05, 0.1) is 30.4 Å². The maximum Gasteiger partial charge on any atom is 0.276 e. The van der Waals surface area contributed by atoms with Crippen molar-refractivity contribution in [2.24, 2.45) is 0 Å². The number of ether oxygens (including phenoxy) is 1. The molecule has 27 heavy (non-hydrogen) atoms. The number of benzene rings is 1. The van der Waals surface area contributed by atoms with Crippen molar-refractivity contribution in [2.45, 2.75) is 24.9 Å². The summed E-state index contributed by atoms with van der Waals surface area (Å²) >= 11 is 0. The number of nitrogens with one attached hydrogen (secondary N) is 1. The molecule has 5 rings (SSSR count). The van der Waals surface area contributed by atoms with Crippen LogP contribution in [-0.2, 0) is 16.8 Å². The van der Waals surface area contributed by atoms with E-state index in [1.807, 2.05) is 41.4 Å². The lowest BCUT2D eigenvalue weighted by Crippen LogP contribution is -2.48. The Morgan fingerprint density at radius 2 is 2.00 bits per heavy atom. The molecule has 8 heteroatoms. The van der Waals surface area contributed by atoms with Crippen molar-refractivity contribution in [3.05, 3.63) is 59.7 Å². The lowest BCUT2D eigenvalue weighted by Gasteiger charge is -2.43. The van der Waals surface area contributed by atoms with Gasteiger partial charge in [0.25, 0.3) is 5.91 Å². The molecule has 138 valence electrons. The van der Waals surface area contributed by atoms with E-state index in [4.69, 9.17) is 4.74 Å². The smallest absolute Gasteiger partial charge is 0.276 e. The molecule has 1 aromatic carbocycles. The Balaban J connectivity index is 1.31. The standard InChI is InChI=1S/C19H20N6O2/c26-18(16-13-25(23-21-16)15-4-2-1-3-5-15)24-9-7-19(8-10-24)17-14(6-11-27-19)12-20-22-17/h1-5,12-13H,6-11H2,(H,20,22). The number of nitrogens with zero attached hydrogens (tertiary/aromatic N) is 5. The highest BCUT2D eigenvalue weighted by Crippen LogP contribution is 2.40. The van der Waals surface area contributed by atoms with Crippen LogP contribution in [0.25, 0.3) is 5.69 Å². The number of carbonyl (C=O) groups is 1. The molecule has 2 aliphatic heterocycles. The average molecular weight is 364 g/mol. The van der Waals surface area contributed by atoms with Gasteiger partial charge in [-0.05, 0) is 37.0 Å². The summed E-state index contributed by atoms with van der Waals surface area (Å²) in [4.78, 5) is 14.7. The van der Waals surface area contributed by atoms with Crippen molar-refractivity contribution in [2.75, 3.05) is 19.7 Å². The summed E-state index contributed by atoms with van der Waals surface area (Å²) in [5.41, 5.74) is 3.20. The van der Waals surface area contributed by atoms with E-state index in [0.29, 0.717) is 25.4 Å². The fraction of sp³-hybridized carbons (Fsp3) is 0.368. The monoisotopic (exact) mass is 364 g/mol. The first-order valence-corrected chi connectivity index (χ1v) is 9.19. The Hall–Kier alpha value is -3.00. The second kappa shape index (κ2) is 6.31. The number of aromatic amines is 1. The number of rotatable bonds is 2. The van der Waals surface area contributed by atoms with Gasteiger partial charge in [-0.1, -0.05) is 23.4 Å². The highest BCUT2D eigenvalue weighted by Gasteiger charge is 2.43. The van der Waals surface area contributed by atoms with E-state index in [1.165, 1.54) is 5.56 Å². The molecule has 8 nitrogen and oxygen atoms in total. The number of fused-ring (bicyclic) bond motifs is 2. The number of H-pyrrole nitrogens is 1. The molecule has 1 amide bonds. The lowest BCUT2D eigenvalue weighted by atomic mass is 9.83. The second-order valence-electron chi connectivity index (χ2n) is 7.04. The summed E-state index contributed by atoms with van der Waals surface area (Å²) in [6, 6.07) is 9.65. The summed E-state index contributed by atoms with van der Waals surface area (Å²) in [6.45, 7) is 1.94. The minimum Gasteiger partial charge on any atom is -0.368 e. The summed E-state index contributed by atoms with van der Waals surface area (Å²) in [5.74, 6) is -0.0901. The maximum atomic E-state index is 12.9. The van der Waals surface area contributed by atoms with Crippen LogP contribution in [-0.4, -0.2) is 55.7 Å². The van der Waals surface area contributed by atoms with Gasteiger partial charge in [0.1, 0.15) is 5.60 Å². The summed E-state index contributed by atoms with van der Waals surface area (Å²) in [6.07, 6.45) is 5.96. The normalized spacial score (nSPS) is 18.4. The molecule has 2 aliphatic rings. The van der Waals surface area contributed by atoms with Crippen LogP contribution in [0.1, 0.15) is 34.6 Å². The van der Waals surface area contributed by atoms with Crippen LogP contribution in [0.15, 0.2) is 42.7 Å². The van der Waals surface area contributed by atoms with E-state index in [0.717, 1.165) is 30.6 Å². The Labute approximate surface area is 156 Å². The molecular formula is C19H20N6O2. The third kappa shape index (κ3) is 2.73. The first kappa shape index (κ1) is 16.2. The van der Waals surface area contributed by atoms with E-state index in [1.54, 1.807) is 10.9 Å². The molecule has 3 aromatic rings. The molecule has 1 fully saturated rings. The molecule has 0 saturated carbocycles. The van der Waals surface area contributed by atoms with Gasteiger partial charge in [0, 0.05) is 13.1 Å². The quantitative estimate of drug-likeness (QED) is 0.748. The molecule has 1 saturated heterocycles. The van der Waals surface area contributed by atoms with E-state index in [9.17, 15) is 4.79 Å². The summed E-state index contributed by atoms with van der Waals surface area (Å²) < 4.78 is 7.77. The molecule has 1 spiro atoms. The number of aromatic nitrogens is 5. The number of likely N-dealkylation sites (tertiary alicyclic amines) is 1. The fourth-order valence-electron chi connectivity index (χ4n) is 4.02. The van der Waals surface area contributed by atoms with Crippen LogP contribution in [0, 0.1) is 0 Å². The largest absolute Gasteiger partial charge is 0.368 e. The van der Waals surface area contributed by atoms with Crippen LogP contribution >= 0.6 is 0 Å². The number of hydrogen-bond donors (Lipinski definition) is 1. The van der Waals surface area contributed by atoms with E-state index < -0.39 is 0 Å². The third-order valence-electron chi connectivity index (χ3n) is 5.51. The van der Waals surface area contributed by atoms with E-state index in [-0.39, 0.29) is 11.5 Å². The van der Waals surface area contributed by atoms with Gasteiger partial charge in [-0.2, -0.15) is 5.10 Å². The molecule has 2 aromatic heterocycles. The first-order valence-electron chi connectivity index (χ1n) is 9.19. The molecule has 1 N–H and O–H groups in total. The van der Waals surface area contributed by atoms with Crippen molar-refractivity contribution in [1.82, 2.24) is 30.1 Å². The van der Waals surface area contributed by atoms with Crippen molar-refractivity contribution < 1.29 is 9.53 Å². The van der Waals surface area contributed by atoms with Crippen LogP contribution in [0.4, 0.5) is 0 Å². The molecule has 0 atom stereocenters. The molecule has 0 aliphatic carbocycles. The predicted octanol–water partition coefficient (Wildman–Crippen LogP) is 1.69. The van der Waals surface area contributed by atoms with Crippen LogP contribution < -0.4 is 0 Å². The molecule has 4 heterocycles. The van der Waals surface area contributed by atoms with Gasteiger partial charge < -0.3 is 9.64 Å². The number of amides is 1. The molecular weight excluding hydrogens is 344 g/mol. The topological polar surface area (TPSA) is 88.9 Å². The zero-order chi connectivity index (χ0) is 18.3. The zero-order valence-corrected chi connectivity index (χ0v) is 14.8. The Kier molecular flexibility index (Phi) is 3.78. The van der Waals surface area contributed by atoms with Gasteiger partial charge in [-0.25, -0.2) is 4.68 Å². The van der Waals surface area contributed by atoms with Gasteiger partial charge >= 0.3 is 0 Å². The Morgan fingerprint density at radius 3 is 2.81 bits per heavy atom. The van der Waals surface area contributed by atoms with Crippen LogP contribution in [0.3, 0.4) is 0 Å². The average Bonchev–Trinajstić information content (AvgIpc) is 3.39. The SMILES string of the molecule is O=C(c1cn(-c2ccccc2)nn1)N1CCC2(CC1)OCCc1cn[nH]c12. The number of carbonyl (C=O) groups excluding carboxylic acids is 1. The van der Waals surface area contributed by atoms with Crippen molar-refractivity contribution in [1.29, 1.82) is 0 Å². The fourth-order valence-corrected chi connectivity index (χ4v) is 4.02. The van der Waals surface area contributed by atoms with Gasteiger partial charge in [-0.15, -0.1) is 5.10 Å². The summed E-state index contributed by atoms with van der Waals surface area (Å²) in [7, 11) is 0. The third-order valence-corrected chi connectivity index (χ3v) is 5.51. The van der Waals surface area contributed by atoms with Gasteiger partial charge in [0.2, 0.25) is 0 Å². The second-order valence-corrected chi connectivity index (χ2v) is 7.04. The number of hydrogen-bond acceptors (Lipinski definition) is 5. The van der Waals surface area contributed by atoms with E-state index >= 15 is 0 Å². The number of para-hydroxylation sites is 1. The minimum absolute atomic E-state index is 0.0901. The Bertz CT molecular complexity index is 956. The van der Waals surface area contributed by atoms with Crippen molar-refractivity contribution in [3.8, 4) is 5.69 Å². The molecule has 0 radical (unpaired) electrons. The van der Waals surface area contributed by atoms with Crippen LogP contribution in [0.2, 0.25) is 0 Å². The van der Waals surface area contributed by atoms with Crippen LogP contribution in [0.5, 0.6) is 0 Å². The highest BCUT2D eigenvalue weighted by atomic mass is 16.5. The van der Waals surface area contributed by atoms with Gasteiger partial charge in [0.15, 0.2) is 5.69 Å². The van der Waals surface area contributed by atoms with Crippen molar-refractivity contribution in [3.63, 3.8) is 0 Å². The van der Waals surface area contributed by atoms with Gasteiger partial charge in [-0.3, -0.25) is 9.89 Å². The molecule has 0 unspecified atom stereocenters. The predicted molar refractivity (Wildman–Crippen MR) is 96.4 cm³/mol. The highest BCUT2D eigenvalue weighted by molar-refractivity contribution is 5.92.